The average molecular weight is 375 g/mol. The van der Waals surface area contributed by atoms with E-state index >= 15 is 0 Å². The molecule has 3 nitrogen and oxygen atoms in total. The molecule has 0 bridgehead atoms. The zero-order chi connectivity index (χ0) is 19.6. The minimum absolute atomic E-state index is 0.170. The number of carbonyl (C=O) groups is 1. The third-order valence-electron chi connectivity index (χ3n) is 4.67. The molecular weight excluding hydrogens is 355 g/mol. The maximum atomic E-state index is 12.7. The summed E-state index contributed by atoms with van der Waals surface area (Å²) in [6, 6.07) is 10.2. The van der Waals surface area contributed by atoms with Crippen molar-refractivity contribution >= 4 is 17.7 Å². The number of nitrogens with one attached hydrogen (secondary N) is 1. The summed E-state index contributed by atoms with van der Waals surface area (Å²) in [6.45, 7) is 1.68. The van der Waals surface area contributed by atoms with Crippen LogP contribution in [0.1, 0.15) is 39.0 Å². The highest BCUT2D eigenvalue weighted by Gasteiger charge is 2.22. The number of hydrogen-bond acceptors (Lipinski definition) is 2. The van der Waals surface area contributed by atoms with Crippen molar-refractivity contribution in [2.24, 2.45) is 0 Å². The zero-order valence-corrected chi connectivity index (χ0v) is 14.8. The molecule has 0 saturated carbocycles. The third-order valence-corrected chi connectivity index (χ3v) is 4.67. The maximum absolute atomic E-state index is 12.7. The van der Waals surface area contributed by atoms with Gasteiger partial charge in [0.25, 0.3) is 5.91 Å². The number of amides is 1. The van der Waals surface area contributed by atoms with Gasteiger partial charge in [-0.3, -0.25) is 4.79 Å². The molecule has 0 radical (unpaired) electrons. The molecule has 0 aliphatic heterocycles. The SMILES string of the molecule is Cc1cc(C=CC(F)(F)F)ccc1C(=O)Nc1cccc2c1CC(O)CC2. The first-order chi connectivity index (χ1) is 12.7. The number of allylic oxidation sites excluding steroid dienone is 1. The van der Waals surface area contributed by atoms with Gasteiger partial charge in [0.1, 0.15) is 0 Å². The highest BCUT2D eigenvalue weighted by atomic mass is 19.4. The van der Waals surface area contributed by atoms with E-state index in [1.54, 1.807) is 19.1 Å². The lowest BCUT2D eigenvalue weighted by atomic mass is 9.88. The molecule has 1 aliphatic carbocycles. The van der Waals surface area contributed by atoms with Crippen molar-refractivity contribution in [3.8, 4) is 0 Å². The van der Waals surface area contributed by atoms with Gasteiger partial charge in [-0.05, 0) is 54.2 Å². The molecule has 3 rings (SSSR count). The molecule has 142 valence electrons. The predicted octanol–water partition coefficient (Wildman–Crippen LogP) is 4.67. The Labute approximate surface area is 155 Å². The van der Waals surface area contributed by atoms with Crippen molar-refractivity contribution in [1.82, 2.24) is 0 Å². The van der Waals surface area contributed by atoms with Gasteiger partial charge in [0.05, 0.1) is 6.10 Å². The second-order valence-corrected chi connectivity index (χ2v) is 6.74. The fourth-order valence-electron chi connectivity index (χ4n) is 3.31. The highest BCUT2D eigenvalue weighted by Crippen LogP contribution is 2.29. The van der Waals surface area contributed by atoms with E-state index in [4.69, 9.17) is 0 Å². The van der Waals surface area contributed by atoms with Crippen molar-refractivity contribution < 1.29 is 23.1 Å². The van der Waals surface area contributed by atoms with Gasteiger partial charge in [-0.25, -0.2) is 0 Å². The molecule has 2 aromatic rings. The Bertz CT molecular complexity index is 887. The number of fused-ring (bicyclic) bond motifs is 1. The standard InChI is InChI=1S/C21H20F3NO2/c1-13-11-14(9-10-21(22,23)24)5-8-17(13)20(27)25-19-4-2-3-15-6-7-16(26)12-18(15)19/h2-5,8-11,16,26H,6-7,12H2,1H3,(H,25,27). The molecule has 0 spiro atoms. The molecule has 0 heterocycles. The molecule has 1 aliphatic rings. The van der Waals surface area contributed by atoms with Crippen LogP contribution >= 0.6 is 0 Å². The van der Waals surface area contributed by atoms with Crippen LogP contribution in [0.15, 0.2) is 42.5 Å². The summed E-state index contributed by atoms with van der Waals surface area (Å²) >= 11 is 0. The van der Waals surface area contributed by atoms with E-state index in [0.717, 1.165) is 23.6 Å². The summed E-state index contributed by atoms with van der Waals surface area (Å²) in [5.41, 5.74) is 4.07. The number of hydrogen-bond donors (Lipinski definition) is 2. The van der Waals surface area contributed by atoms with E-state index in [1.165, 1.54) is 12.1 Å². The largest absolute Gasteiger partial charge is 0.409 e. The summed E-state index contributed by atoms with van der Waals surface area (Å²) in [6.07, 6.45) is -1.69. The molecule has 27 heavy (non-hydrogen) atoms. The molecule has 2 aromatic carbocycles. The molecule has 6 heteroatoms. The smallest absolute Gasteiger partial charge is 0.393 e. The number of benzene rings is 2. The topological polar surface area (TPSA) is 49.3 Å². The van der Waals surface area contributed by atoms with Gasteiger partial charge < -0.3 is 10.4 Å². The van der Waals surface area contributed by atoms with Crippen LogP contribution in [-0.2, 0) is 12.8 Å². The lowest BCUT2D eigenvalue weighted by Crippen LogP contribution is -2.22. The lowest BCUT2D eigenvalue weighted by Gasteiger charge is -2.23. The van der Waals surface area contributed by atoms with Gasteiger partial charge in [-0.2, -0.15) is 13.2 Å². The van der Waals surface area contributed by atoms with Crippen LogP contribution in [0.5, 0.6) is 0 Å². The summed E-state index contributed by atoms with van der Waals surface area (Å²) in [7, 11) is 0. The number of anilines is 1. The number of aliphatic hydroxyl groups excluding tert-OH is 1. The number of aryl methyl sites for hydroxylation is 2. The Kier molecular flexibility index (Phi) is 5.37. The lowest BCUT2D eigenvalue weighted by molar-refractivity contribution is -0.0790. The second kappa shape index (κ2) is 7.56. The van der Waals surface area contributed by atoms with E-state index in [0.29, 0.717) is 35.2 Å². The number of rotatable bonds is 3. The quantitative estimate of drug-likeness (QED) is 0.819. The molecule has 0 aromatic heterocycles. The van der Waals surface area contributed by atoms with Crippen LogP contribution in [0.4, 0.5) is 18.9 Å². The predicted molar refractivity (Wildman–Crippen MR) is 98.7 cm³/mol. The number of aliphatic hydroxyl groups is 1. The first kappa shape index (κ1) is 19.2. The minimum Gasteiger partial charge on any atom is -0.393 e. The molecule has 0 fully saturated rings. The highest BCUT2D eigenvalue weighted by molar-refractivity contribution is 6.05. The Balaban J connectivity index is 1.80. The average Bonchev–Trinajstić information content (AvgIpc) is 2.60. The van der Waals surface area contributed by atoms with Crippen molar-refractivity contribution in [3.05, 3.63) is 70.3 Å². The second-order valence-electron chi connectivity index (χ2n) is 6.74. The Morgan fingerprint density at radius 3 is 2.74 bits per heavy atom. The fraction of sp³-hybridized carbons (Fsp3) is 0.286. The normalized spacial score (nSPS) is 17.0. The summed E-state index contributed by atoms with van der Waals surface area (Å²) < 4.78 is 36.9. The summed E-state index contributed by atoms with van der Waals surface area (Å²) in [5.74, 6) is -0.327. The van der Waals surface area contributed by atoms with E-state index in [2.05, 4.69) is 5.32 Å². The van der Waals surface area contributed by atoms with E-state index in [-0.39, 0.29) is 12.0 Å². The van der Waals surface area contributed by atoms with Gasteiger partial charge in [0.2, 0.25) is 0 Å². The fourth-order valence-corrected chi connectivity index (χ4v) is 3.31. The van der Waals surface area contributed by atoms with Crippen LogP contribution in [-0.4, -0.2) is 23.3 Å². The van der Waals surface area contributed by atoms with Crippen molar-refractivity contribution in [1.29, 1.82) is 0 Å². The van der Waals surface area contributed by atoms with Crippen LogP contribution in [0.25, 0.3) is 6.08 Å². The van der Waals surface area contributed by atoms with Gasteiger partial charge >= 0.3 is 6.18 Å². The van der Waals surface area contributed by atoms with E-state index in [1.807, 2.05) is 12.1 Å². The molecule has 0 saturated heterocycles. The van der Waals surface area contributed by atoms with Crippen molar-refractivity contribution in [2.45, 2.75) is 38.5 Å². The Morgan fingerprint density at radius 1 is 1.26 bits per heavy atom. The van der Waals surface area contributed by atoms with Crippen molar-refractivity contribution in [2.75, 3.05) is 5.32 Å². The van der Waals surface area contributed by atoms with E-state index in [9.17, 15) is 23.1 Å². The molecule has 1 amide bonds. The summed E-state index contributed by atoms with van der Waals surface area (Å²) in [4.78, 5) is 12.7. The number of alkyl halides is 3. The molecule has 1 unspecified atom stereocenters. The van der Waals surface area contributed by atoms with Gasteiger partial charge in [0.15, 0.2) is 0 Å². The van der Waals surface area contributed by atoms with Gasteiger partial charge in [-0.1, -0.05) is 30.3 Å². The first-order valence-electron chi connectivity index (χ1n) is 8.70. The minimum atomic E-state index is -4.37. The van der Waals surface area contributed by atoms with Gasteiger partial charge in [-0.15, -0.1) is 0 Å². The Hall–Kier alpha value is -2.60. The number of halogens is 3. The monoisotopic (exact) mass is 375 g/mol. The zero-order valence-electron chi connectivity index (χ0n) is 14.8. The van der Waals surface area contributed by atoms with Crippen LogP contribution in [0.3, 0.4) is 0 Å². The van der Waals surface area contributed by atoms with Crippen LogP contribution < -0.4 is 5.32 Å². The molecule has 2 N–H and O–H groups in total. The van der Waals surface area contributed by atoms with Gasteiger partial charge in [0, 0.05) is 23.7 Å². The first-order valence-corrected chi connectivity index (χ1v) is 8.70. The maximum Gasteiger partial charge on any atom is 0.409 e. The molecular formula is C21H20F3NO2. The van der Waals surface area contributed by atoms with Crippen LogP contribution in [0, 0.1) is 6.92 Å². The summed E-state index contributed by atoms with van der Waals surface area (Å²) in [5, 5.41) is 12.8. The van der Waals surface area contributed by atoms with Crippen LogP contribution in [0.2, 0.25) is 0 Å². The third kappa shape index (κ3) is 4.77. The van der Waals surface area contributed by atoms with Crippen molar-refractivity contribution in [3.63, 3.8) is 0 Å². The van der Waals surface area contributed by atoms with E-state index < -0.39 is 12.3 Å². The molecule has 1 atom stereocenters. The number of carbonyl (C=O) groups excluding carboxylic acids is 1. The Morgan fingerprint density at radius 2 is 2.04 bits per heavy atom.